The molecular weight excluding hydrogens is 412 g/mol. The van der Waals surface area contributed by atoms with E-state index in [1.807, 2.05) is 6.92 Å². The molecule has 8 heteroatoms. The molecule has 0 unspecified atom stereocenters. The summed E-state index contributed by atoms with van der Waals surface area (Å²) >= 11 is 5.85. The molecule has 0 saturated heterocycles. The molecule has 0 heterocycles. The third-order valence-corrected chi connectivity index (χ3v) is 6.45. The molecule has 0 spiro atoms. The van der Waals surface area contributed by atoms with Crippen LogP contribution < -0.4 is 10.1 Å². The summed E-state index contributed by atoms with van der Waals surface area (Å²) in [5.41, 5.74) is 1.11. The van der Waals surface area contributed by atoms with Gasteiger partial charge in [-0.3, -0.25) is 4.79 Å². The zero-order valence-corrected chi connectivity index (χ0v) is 18.3. The molecule has 1 N–H and O–H groups in total. The summed E-state index contributed by atoms with van der Waals surface area (Å²) in [5.74, 6) is -0.00229. The van der Waals surface area contributed by atoms with Gasteiger partial charge < -0.3 is 10.1 Å². The van der Waals surface area contributed by atoms with Gasteiger partial charge in [0.25, 0.3) is 0 Å². The summed E-state index contributed by atoms with van der Waals surface area (Å²) < 4.78 is 32.5. The molecule has 0 atom stereocenters. The molecule has 2 rings (SSSR count). The van der Waals surface area contributed by atoms with Crippen LogP contribution in [-0.4, -0.2) is 38.3 Å². The first-order chi connectivity index (χ1) is 13.8. The number of ether oxygens (including phenoxy) is 1. The maximum Gasteiger partial charge on any atom is 0.248 e. The number of hydrogen-bond acceptors (Lipinski definition) is 4. The molecule has 0 aliphatic heterocycles. The number of carbonyl (C=O) groups is 1. The summed E-state index contributed by atoms with van der Waals surface area (Å²) in [6.45, 7) is 6.47. The number of halogens is 1. The van der Waals surface area contributed by atoms with Gasteiger partial charge in [-0.15, -0.1) is 0 Å². The molecule has 0 fully saturated rings. The standard InChI is InChI=1S/C21H25ClN2O4S/c1-4-24(5-2)29(26,27)18-12-13-20(28-6-3)19(15-18)23-21(25)14-9-16-7-10-17(22)11-8-16/h7-15H,4-6H2,1-3H3,(H,23,25). The van der Waals surface area contributed by atoms with E-state index in [1.54, 1.807) is 50.3 Å². The zero-order valence-electron chi connectivity index (χ0n) is 16.7. The number of benzene rings is 2. The number of amides is 1. The van der Waals surface area contributed by atoms with E-state index in [0.717, 1.165) is 5.56 Å². The maximum atomic E-state index is 12.8. The van der Waals surface area contributed by atoms with Gasteiger partial charge in [0.15, 0.2) is 0 Å². The molecule has 0 aliphatic carbocycles. The molecule has 2 aromatic carbocycles. The van der Waals surface area contributed by atoms with Crippen molar-refractivity contribution < 1.29 is 17.9 Å². The van der Waals surface area contributed by atoms with Crippen LogP contribution in [0.3, 0.4) is 0 Å². The van der Waals surface area contributed by atoms with Crippen molar-refractivity contribution in [1.82, 2.24) is 4.31 Å². The quantitative estimate of drug-likeness (QED) is 0.590. The minimum absolute atomic E-state index is 0.0987. The van der Waals surface area contributed by atoms with Gasteiger partial charge in [-0.1, -0.05) is 37.6 Å². The molecule has 2 aromatic rings. The van der Waals surface area contributed by atoms with E-state index in [0.29, 0.717) is 36.2 Å². The predicted octanol–water partition coefficient (Wildman–Crippen LogP) is 4.42. The van der Waals surface area contributed by atoms with Crippen molar-refractivity contribution >= 4 is 39.3 Å². The predicted molar refractivity (Wildman–Crippen MR) is 117 cm³/mol. The number of sulfonamides is 1. The first-order valence-corrected chi connectivity index (χ1v) is 11.1. The van der Waals surface area contributed by atoms with Crippen LogP contribution in [-0.2, 0) is 14.8 Å². The largest absolute Gasteiger partial charge is 0.492 e. The molecular formula is C21H25ClN2O4S. The van der Waals surface area contributed by atoms with Crippen molar-refractivity contribution in [3.8, 4) is 5.75 Å². The Hall–Kier alpha value is -2.35. The van der Waals surface area contributed by atoms with Gasteiger partial charge in [-0.2, -0.15) is 4.31 Å². The minimum Gasteiger partial charge on any atom is -0.492 e. The summed E-state index contributed by atoms with van der Waals surface area (Å²) in [7, 11) is -3.65. The normalized spacial score (nSPS) is 11.8. The number of nitrogens with one attached hydrogen (secondary N) is 1. The number of anilines is 1. The topological polar surface area (TPSA) is 75.7 Å². The average molecular weight is 437 g/mol. The summed E-state index contributed by atoms with van der Waals surface area (Å²) in [4.78, 5) is 12.5. The monoisotopic (exact) mass is 436 g/mol. The van der Waals surface area contributed by atoms with E-state index >= 15 is 0 Å². The molecule has 0 aliphatic rings. The van der Waals surface area contributed by atoms with Crippen LogP contribution in [0.15, 0.2) is 53.4 Å². The lowest BCUT2D eigenvalue weighted by molar-refractivity contribution is -0.111. The van der Waals surface area contributed by atoms with Gasteiger partial charge in [-0.05, 0) is 48.9 Å². The molecule has 156 valence electrons. The van der Waals surface area contributed by atoms with Gasteiger partial charge in [0.05, 0.1) is 17.2 Å². The van der Waals surface area contributed by atoms with Crippen LogP contribution in [0.2, 0.25) is 5.02 Å². The third-order valence-electron chi connectivity index (χ3n) is 4.15. The van der Waals surface area contributed by atoms with Crippen molar-refractivity contribution in [3.63, 3.8) is 0 Å². The Balaban J connectivity index is 2.29. The van der Waals surface area contributed by atoms with Crippen molar-refractivity contribution in [3.05, 3.63) is 59.1 Å². The number of hydrogen-bond donors (Lipinski definition) is 1. The van der Waals surface area contributed by atoms with Gasteiger partial charge in [0.2, 0.25) is 15.9 Å². The van der Waals surface area contributed by atoms with Crippen molar-refractivity contribution in [2.75, 3.05) is 25.0 Å². The van der Waals surface area contributed by atoms with E-state index in [9.17, 15) is 13.2 Å². The van der Waals surface area contributed by atoms with E-state index in [1.165, 1.54) is 22.5 Å². The molecule has 0 saturated carbocycles. The molecule has 29 heavy (non-hydrogen) atoms. The first kappa shape index (κ1) is 22.9. The molecule has 6 nitrogen and oxygen atoms in total. The van der Waals surface area contributed by atoms with Crippen molar-refractivity contribution in [2.24, 2.45) is 0 Å². The van der Waals surface area contributed by atoms with Crippen LogP contribution in [0.25, 0.3) is 6.08 Å². The highest BCUT2D eigenvalue weighted by Gasteiger charge is 2.23. The maximum absolute atomic E-state index is 12.8. The highest BCUT2D eigenvalue weighted by molar-refractivity contribution is 7.89. The smallest absolute Gasteiger partial charge is 0.248 e. The molecule has 0 radical (unpaired) electrons. The second kappa shape index (κ2) is 10.4. The lowest BCUT2D eigenvalue weighted by Crippen LogP contribution is -2.30. The van der Waals surface area contributed by atoms with Gasteiger partial charge in [0.1, 0.15) is 5.75 Å². The second-order valence-corrected chi connectivity index (χ2v) is 8.43. The summed E-state index contributed by atoms with van der Waals surface area (Å²) in [5, 5.41) is 3.32. The van der Waals surface area contributed by atoms with E-state index < -0.39 is 15.9 Å². The van der Waals surface area contributed by atoms with Gasteiger partial charge >= 0.3 is 0 Å². The minimum atomic E-state index is -3.65. The van der Waals surface area contributed by atoms with Crippen LogP contribution in [0.4, 0.5) is 5.69 Å². The molecule has 0 aromatic heterocycles. The third kappa shape index (κ3) is 6.06. The highest BCUT2D eigenvalue weighted by atomic mass is 35.5. The average Bonchev–Trinajstić information content (AvgIpc) is 2.69. The molecule has 0 bridgehead atoms. The first-order valence-electron chi connectivity index (χ1n) is 9.33. The number of carbonyl (C=O) groups excluding carboxylic acids is 1. The lowest BCUT2D eigenvalue weighted by Gasteiger charge is -2.19. The zero-order chi connectivity index (χ0) is 21.4. The van der Waals surface area contributed by atoms with Crippen LogP contribution in [0, 0.1) is 0 Å². The van der Waals surface area contributed by atoms with Crippen molar-refractivity contribution in [2.45, 2.75) is 25.7 Å². The summed E-state index contributed by atoms with van der Waals surface area (Å²) in [6.07, 6.45) is 3.01. The van der Waals surface area contributed by atoms with Crippen LogP contribution in [0.5, 0.6) is 5.75 Å². The van der Waals surface area contributed by atoms with E-state index in [2.05, 4.69) is 5.32 Å². The van der Waals surface area contributed by atoms with E-state index in [4.69, 9.17) is 16.3 Å². The second-order valence-electron chi connectivity index (χ2n) is 6.05. The fraction of sp³-hybridized carbons (Fsp3) is 0.286. The molecule has 1 amide bonds. The number of nitrogens with zero attached hydrogens (tertiary/aromatic N) is 1. The Morgan fingerprint density at radius 1 is 1.10 bits per heavy atom. The van der Waals surface area contributed by atoms with Crippen molar-refractivity contribution in [1.29, 1.82) is 0 Å². The Kier molecular flexibility index (Phi) is 8.25. The van der Waals surface area contributed by atoms with Gasteiger partial charge in [-0.25, -0.2) is 8.42 Å². The summed E-state index contributed by atoms with van der Waals surface area (Å²) in [6, 6.07) is 11.5. The fourth-order valence-electron chi connectivity index (χ4n) is 2.68. The fourth-order valence-corrected chi connectivity index (χ4v) is 4.29. The Morgan fingerprint density at radius 3 is 2.34 bits per heavy atom. The number of rotatable bonds is 9. The SMILES string of the molecule is CCOc1ccc(S(=O)(=O)N(CC)CC)cc1NC(=O)C=Cc1ccc(Cl)cc1. The Labute approximate surface area is 177 Å². The highest BCUT2D eigenvalue weighted by Crippen LogP contribution is 2.29. The van der Waals surface area contributed by atoms with Gasteiger partial charge in [0, 0.05) is 24.2 Å². The van der Waals surface area contributed by atoms with E-state index in [-0.39, 0.29) is 4.90 Å². The van der Waals surface area contributed by atoms with Crippen LogP contribution >= 0.6 is 11.6 Å². The lowest BCUT2D eigenvalue weighted by atomic mass is 10.2. The Morgan fingerprint density at radius 2 is 1.76 bits per heavy atom. The van der Waals surface area contributed by atoms with Crippen LogP contribution in [0.1, 0.15) is 26.3 Å². The Bertz CT molecular complexity index is 969.